The fraction of sp³-hybridized carbons (Fsp3) is 0.650. The largest absolute Gasteiger partial charge is 0.339 e. The van der Waals surface area contributed by atoms with Gasteiger partial charge >= 0.3 is 0 Å². The molecule has 134 valence electrons. The van der Waals surface area contributed by atoms with E-state index in [-0.39, 0.29) is 17.8 Å². The van der Waals surface area contributed by atoms with Gasteiger partial charge in [-0.3, -0.25) is 4.79 Å². The molecule has 1 aromatic carbocycles. The van der Waals surface area contributed by atoms with Crippen LogP contribution in [0, 0.1) is 5.41 Å². The zero-order valence-electron chi connectivity index (χ0n) is 14.6. The van der Waals surface area contributed by atoms with Crippen molar-refractivity contribution in [2.24, 2.45) is 11.1 Å². The van der Waals surface area contributed by atoms with Gasteiger partial charge in [0.25, 0.3) is 0 Å². The van der Waals surface area contributed by atoms with E-state index in [2.05, 4.69) is 35.2 Å². The molecule has 1 heterocycles. The lowest BCUT2D eigenvalue weighted by Crippen LogP contribution is -2.43. The van der Waals surface area contributed by atoms with Crippen LogP contribution in [0.25, 0.3) is 0 Å². The molecule has 1 aromatic rings. The highest BCUT2D eigenvalue weighted by atomic mass is 35.5. The lowest BCUT2D eigenvalue weighted by atomic mass is 9.71. The van der Waals surface area contributed by atoms with Gasteiger partial charge in [-0.15, -0.1) is 12.4 Å². The van der Waals surface area contributed by atoms with Gasteiger partial charge in [0.1, 0.15) is 0 Å². The van der Waals surface area contributed by atoms with E-state index >= 15 is 0 Å². The molecule has 0 spiro atoms. The van der Waals surface area contributed by atoms with Crippen LogP contribution in [-0.2, 0) is 11.2 Å². The highest BCUT2D eigenvalue weighted by Gasteiger charge is 2.37. The maximum atomic E-state index is 12.9. The third-order valence-corrected chi connectivity index (χ3v) is 5.89. The molecule has 1 unspecified atom stereocenters. The van der Waals surface area contributed by atoms with Crippen molar-refractivity contribution >= 4 is 18.3 Å². The number of halogens is 1. The van der Waals surface area contributed by atoms with Crippen LogP contribution in [0.1, 0.15) is 56.9 Å². The summed E-state index contributed by atoms with van der Waals surface area (Å²) in [6, 6.07) is 10.9. The first-order valence-corrected chi connectivity index (χ1v) is 9.26. The second-order valence-corrected chi connectivity index (χ2v) is 7.51. The normalized spacial score (nSPS) is 22.9. The lowest BCUT2D eigenvalue weighted by molar-refractivity contribution is -0.135. The number of nitrogens with zero attached hydrogens (tertiary/aromatic N) is 1. The molecule has 1 aliphatic heterocycles. The molecule has 1 saturated heterocycles. The average Bonchev–Trinajstić information content (AvgIpc) is 3.05. The Labute approximate surface area is 152 Å². The maximum absolute atomic E-state index is 12.9. The average molecular weight is 351 g/mol. The summed E-state index contributed by atoms with van der Waals surface area (Å²) in [7, 11) is 0. The number of rotatable bonds is 5. The minimum atomic E-state index is 0. The van der Waals surface area contributed by atoms with E-state index in [1.807, 2.05) is 0 Å². The van der Waals surface area contributed by atoms with Gasteiger partial charge in [-0.2, -0.15) is 0 Å². The second-order valence-electron chi connectivity index (χ2n) is 7.51. The summed E-state index contributed by atoms with van der Waals surface area (Å²) >= 11 is 0. The number of hydrogen-bond acceptors (Lipinski definition) is 2. The number of likely N-dealkylation sites (tertiary alicyclic amines) is 1. The van der Waals surface area contributed by atoms with Crippen molar-refractivity contribution in [1.82, 2.24) is 4.90 Å². The van der Waals surface area contributed by atoms with E-state index in [1.165, 1.54) is 24.8 Å². The third kappa shape index (κ3) is 4.52. The molecule has 24 heavy (non-hydrogen) atoms. The number of carbonyl (C=O) groups excluding carboxylic acids is 1. The molecule has 1 saturated carbocycles. The van der Waals surface area contributed by atoms with Crippen LogP contribution in [0.2, 0.25) is 0 Å². The Balaban J connectivity index is 0.00000208. The molecular formula is C20H31ClN2O. The fourth-order valence-electron chi connectivity index (χ4n) is 4.44. The van der Waals surface area contributed by atoms with Crippen molar-refractivity contribution < 1.29 is 4.79 Å². The predicted octanol–water partition coefficient (Wildman–Crippen LogP) is 3.94. The van der Waals surface area contributed by atoms with E-state index in [9.17, 15) is 4.79 Å². The second kappa shape index (κ2) is 8.87. The standard InChI is InChI=1S/C20H30N2O.ClH/c21-16-20(11-5-2-6-12-20)15-19(23)22-13-7-10-18(22)14-17-8-3-1-4-9-17;/h1,3-4,8-9,18H,2,5-7,10-16,21H2;1H. The Morgan fingerprint density at radius 3 is 2.50 bits per heavy atom. The molecule has 0 bridgehead atoms. The van der Waals surface area contributed by atoms with Gasteiger partial charge in [-0.05, 0) is 49.6 Å². The molecule has 1 atom stereocenters. The SMILES string of the molecule is Cl.NCC1(CC(=O)N2CCCC2Cc2ccccc2)CCCCC1. The third-order valence-electron chi connectivity index (χ3n) is 5.89. The van der Waals surface area contributed by atoms with Gasteiger partial charge in [-0.25, -0.2) is 0 Å². The summed E-state index contributed by atoms with van der Waals surface area (Å²) in [4.78, 5) is 15.1. The molecule has 1 amide bonds. The van der Waals surface area contributed by atoms with E-state index in [4.69, 9.17) is 5.73 Å². The van der Waals surface area contributed by atoms with Crippen molar-refractivity contribution in [3.63, 3.8) is 0 Å². The minimum Gasteiger partial charge on any atom is -0.339 e. The van der Waals surface area contributed by atoms with Crippen molar-refractivity contribution in [2.75, 3.05) is 13.1 Å². The van der Waals surface area contributed by atoms with Gasteiger partial charge < -0.3 is 10.6 Å². The number of nitrogens with two attached hydrogens (primary N) is 1. The van der Waals surface area contributed by atoms with Crippen LogP contribution in [0.4, 0.5) is 0 Å². The molecule has 2 aliphatic rings. The zero-order valence-corrected chi connectivity index (χ0v) is 15.4. The summed E-state index contributed by atoms with van der Waals surface area (Å²) in [5.74, 6) is 0.343. The van der Waals surface area contributed by atoms with Gasteiger partial charge in [0, 0.05) is 19.0 Å². The molecule has 4 heteroatoms. The molecule has 3 rings (SSSR count). The summed E-state index contributed by atoms with van der Waals surface area (Å²) in [5.41, 5.74) is 7.49. The van der Waals surface area contributed by atoms with Crippen molar-refractivity contribution in [2.45, 2.75) is 63.8 Å². The summed E-state index contributed by atoms with van der Waals surface area (Å²) < 4.78 is 0. The first kappa shape index (κ1) is 19.3. The molecule has 2 N–H and O–H groups in total. The van der Waals surface area contributed by atoms with Gasteiger partial charge in [-0.1, -0.05) is 49.6 Å². The van der Waals surface area contributed by atoms with Gasteiger partial charge in [0.15, 0.2) is 0 Å². The monoisotopic (exact) mass is 350 g/mol. The number of hydrogen-bond donors (Lipinski definition) is 1. The Morgan fingerprint density at radius 2 is 1.83 bits per heavy atom. The topological polar surface area (TPSA) is 46.3 Å². The Morgan fingerprint density at radius 1 is 1.12 bits per heavy atom. The van der Waals surface area contributed by atoms with Crippen LogP contribution < -0.4 is 5.73 Å². The zero-order chi connectivity index (χ0) is 16.1. The Hall–Kier alpha value is -1.06. The van der Waals surface area contributed by atoms with Crippen molar-refractivity contribution in [3.8, 4) is 0 Å². The summed E-state index contributed by atoms with van der Waals surface area (Å²) in [6.07, 6.45) is 9.96. The maximum Gasteiger partial charge on any atom is 0.223 e. The number of amides is 1. The molecule has 0 radical (unpaired) electrons. The molecule has 0 aromatic heterocycles. The van der Waals surface area contributed by atoms with Crippen LogP contribution in [-0.4, -0.2) is 29.9 Å². The smallest absolute Gasteiger partial charge is 0.223 e. The highest BCUT2D eigenvalue weighted by molar-refractivity contribution is 5.85. The Bertz CT molecular complexity index is 514. The van der Waals surface area contributed by atoms with E-state index in [0.717, 1.165) is 38.6 Å². The molecular weight excluding hydrogens is 320 g/mol. The fourth-order valence-corrected chi connectivity index (χ4v) is 4.44. The highest BCUT2D eigenvalue weighted by Crippen LogP contribution is 2.39. The van der Waals surface area contributed by atoms with E-state index in [0.29, 0.717) is 24.9 Å². The molecule has 3 nitrogen and oxygen atoms in total. The van der Waals surface area contributed by atoms with Gasteiger partial charge in [0.2, 0.25) is 5.91 Å². The summed E-state index contributed by atoms with van der Waals surface area (Å²) in [6.45, 7) is 1.59. The first-order chi connectivity index (χ1) is 11.2. The number of benzene rings is 1. The van der Waals surface area contributed by atoms with E-state index in [1.54, 1.807) is 0 Å². The van der Waals surface area contributed by atoms with Crippen LogP contribution in [0.5, 0.6) is 0 Å². The van der Waals surface area contributed by atoms with Crippen LogP contribution >= 0.6 is 12.4 Å². The minimum absolute atomic E-state index is 0. The first-order valence-electron chi connectivity index (χ1n) is 9.26. The quantitative estimate of drug-likeness (QED) is 0.874. The van der Waals surface area contributed by atoms with Crippen molar-refractivity contribution in [3.05, 3.63) is 35.9 Å². The molecule has 2 fully saturated rings. The Kier molecular flexibility index (Phi) is 7.12. The van der Waals surface area contributed by atoms with Crippen molar-refractivity contribution in [1.29, 1.82) is 0 Å². The van der Waals surface area contributed by atoms with Crippen LogP contribution in [0.3, 0.4) is 0 Å². The van der Waals surface area contributed by atoms with Gasteiger partial charge in [0.05, 0.1) is 0 Å². The van der Waals surface area contributed by atoms with E-state index < -0.39 is 0 Å². The molecule has 1 aliphatic carbocycles. The number of carbonyl (C=O) groups is 1. The van der Waals surface area contributed by atoms with Crippen LogP contribution in [0.15, 0.2) is 30.3 Å². The summed E-state index contributed by atoms with van der Waals surface area (Å²) in [5, 5.41) is 0. The lowest BCUT2D eigenvalue weighted by Gasteiger charge is -2.37. The predicted molar refractivity (Wildman–Crippen MR) is 101 cm³/mol.